The summed E-state index contributed by atoms with van der Waals surface area (Å²) in [5, 5.41) is 5.19. The van der Waals surface area contributed by atoms with Crippen LogP contribution < -0.4 is 5.43 Å². The average molecular weight is 294 g/mol. The zero-order valence-corrected chi connectivity index (χ0v) is 12.1. The Morgan fingerprint density at radius 2 is 1.89 bits per heavy atom. The summed E-state index contributed by atoms with van der Waals surface area (Å²) in [5.74, 6) is 0.484. The number of hydrazone groups is 1. The number of rotatable bonds is 3. The second-order valence-corrected chi connectivity index (χ2v) is 5.00. The SMILES string of the molecule is CC(=NNc1ncc(Cl)cc1Cl)c1ccc(C)cc1. The first-order valence-corrected chi connectivity index (χ1v) is 6.50. The van der Waals surface area contributed by atoms with Gasteiger partial charge in [0.2, 0.25) is 0 Å². The second-order valence-electron chi connectivity index (χ2n) is 4.16. The van der Waals surface area contributed by atoms with Crippen LogP contribution in [-0.2, 0) is 0 Å². The zero-order valence-electron chi connectivity index (χ0n) is 10.6. The van der Waals surface area contributed by atoms with E-state index in [-0.39, 0.29) is 0 Å². The van der Waals surface area contributed by atoms with Gasteiger partial charge in [-0.25, -0.2) is 4.98 Å². The van der Waals surface area contributed by atoms with Gasteiger partial charge in [-0.15, -0.1) is 0 Å². The van der Waals surface area contributed by atoms with Gasteiger partial charge in [0.25, 0.3) is 0 Å². The van der Waals surface area contributed by atoms with Gasteiger partial charge in [0.05, 0.1) is 15.8 Å². The number of halogens is 2. The van der Waals surface area contributed by atoms with E-state index in [1.165, 1.54) is 11.8 Å². The molecule has 0 radical (unpaired) electrons. The van der Waals surface area contributed by atoms with Crippen molar-refractivity contribution in [1.82, 2.24) is 4.98 Å². The molecule has 0 bridgehead atoms. The molecular weight excluding hydrogens is 281 g/mol. The Morgan fingerprint density at radius 3 is 2.53 bits per heavy atom. The fourth-order valence-electron chi connectivity index (χ4n) is 1.49. The standard InChI is InChI=1S/C14H13Cl2N3/c1-9-3-5-11(6-4-9)10(2)18-19-14-13(16)7-12(15)8-17-14/h3-8H,1-2H3,(H,17,19). The molecule has 0 fully saturated rings. The van der Waals surface area contributed by atoms with Crippen LogP contribution in [0.4, 0.5) is 5.82 Å². The summed E-state index contributed by atoms with van der Waals surface area (Å²) in [6.45, 7) is 3.97. The number of nitrogens with zero attached hydrogens (tertiary/aromatic N) is 2. The van der Waals surface area contributed by atoms with E-state index in [2.05, 4.69) is 15.5 Å². The van der Waals surface area contributed by atoms with Gasteiger partial charge in [-0.3, -0.25) is 5.43 Å². The monoisotopic (exact) mass is 293 g/mol. The molecule has 0 spiro atoms. The van der Waals surface area contributed by atoms with Gasteiger partial charge in [-0.2, -0.15) is 5.10 Å². The maximum Gasteiger partial charge on any atom is 0.165 e. The third kappa shape index (κ3) is 3.69. The molecule has 1 aromatic carbocycles. The lowest BCUT2D eigenvalue weighted by Crippen LogP contribution is -2.01. The topological polar surface area (TPSA) is 37.3 Å². The highest BCUT2D eigenvalue weighted by Crippen LogP contribution is 2.22. The summed E-state index contributed by atoms with van der Waals surface area (Å²) < 4.78 is 0. The van der Waals surface area contributed by atoms with Crippen molar-refractivity contribution in [2.24, 2.45) is 5.10 Å². The molecule has 1 N–H and O–H groups in total. The van der Waals surface area contributed by atoms with E-state index in [0.717, 1.165) is 11.3 Å². The van der Waals surface area contributed by atoms with Gasteiger partial charge >= 0.3 is 0 Å². The van der Waals surface area contributed by atoms with Crippen LogP contribution in [0, 0.1) is 6.92 Å². The molecule has 1 heterocycles. The molecule has 0 aliphatic rings. The highest BCUT2D eigenvalue weighted by molar-refractivity contribution is 6.35. The molecule has 0 atom stereocenters. The van der Waals surface area contributed by atoms with Crippen LogP contribution in [0.3, 0.4) is 0 Å². The lowest BCUT2D eigenvalue weighted by atomic mass is 10.1. The average Bonchev–Trinajstić information content (AvgIpc) is 2.38. The number of aryl methyl sites for hydroxylation is 1. The molecule has 2 aromatic rings. The summed E-state index contributed by atoms with van der Waals surface area (Å²) in [7, 11) is 0. The Morgan fingerprint density at radius 1 is 1.21 bits per heavy atom. The Kier molecular flexibility index (Phi) is 4.40. The summed E-state index contributed by atoms with van der Waals surface area (Å²) >= 11 is 11.8. The van der Waals surface area contributed by atoms with Gasteiger partial charge in [-0.1, -0.05) is 53.0 Å². The van der Waals surface area contributed by atoms with E-state index < -0.39 is 0 Å². The number of nitrogens with one attached hydrogen (secondary N) is 1. The van der Waals surface area contributed by atoms with E-state index in [0.29, 0.717) is 15.9 Å². The lowest BCUT2D eigenvalue weighted by molar-refractivity contribution is 1.22. The lowest BCUT2D eigenvalue weighted by Gasteiger charge is -2.05. The van der Waals surface area contributed by atoms with Crippen molar-refractivity contribution in [2.45, 2.75) is 13.8 Å². The van der Waals surface area contributed by atoms with Crippen molar-refractivity contribution in [3.05, 3.63) is 57.7 Å². The molecule has 98 valence electrons. The largest absolute Gasteiger partial charge is 0.260 e. The van der Waals surface area contributed by atoms with Crippen molar-refractivity contribution >= 4 is 34.7 Å². The molecule has 0 unspecified atom stereocenters. The third-order valence-corrected chi connectivity index (χ3v) is 3.10. The number of pyridine rings is 1. The zero-order chi connectivity index (χ0) is 13.8. The first-order chi connectivity index (χ1) is 9.06. The van der Waals surface area contributed by atoms with Crippen molar-refractivity contribution in [1.29, 1.82) is 0 Å². The van der Waals surface area contributed by atoms with Crippen molar-refractivity contribution in [3.8, 4) is 0 Å². The van der Waals surface area contributed by atoms with E-state index in [4.69, 9.17) is 23.2 Å². The van der Waals surface area contributed by atoms with Crippen LogP contribution in [-0.4, -0.2) is 10.7 Å². The van der Waals surface area contributed by atoms with Crippen LogP contribution in [0.1, 0.15) is 18.1 Å². The molecule has 19 heavy (non-hydrogen) atoms. The quantitative estimate of drug-likeness (QED) is 0.667. The summed E-state index contributed by atoms with van der Waals surface area (Å²) in [6.07, 6.45) is 1.52. The van der Waals surface area contributed by atoms with E-state index in [1.807, 2.05) is 38.1 Å². The van der Waals surface area contributed by atoms with Crippen LogP contribution >= 0.6 is 23.2 Å². The number of aromatic nitrogens is 1. The van der Waals surface area contributed by atoms with Gasteiger partial charge in [-0.05, 0) is 25.5 Å². The van der Waals surface area contributed by atoms with Gasteiger partial charge in [0, 0.05) is 6.20 Å². The fourth-order valence-corrected chi connectivity index (χ4v) is 1.92. The Labute approximate surface area is 122 Å². The van der Waals surface area contributed by atoms with Gasteiger partial charge < -0.3 is 0 Å². The molecular formula is C14H13Cl2N3. The molecule has 2 rings (SSSR count). The first kappa shape index (κ1) is 13.8. The number of benzene rings is 1. The summed E-state index contributed by atoms with van der Waals surface area (Å²) in [4.78, 5) is 4.08. The molecule has 0 saturated carbocycles. The van der Waals surface area contributed by atoms with E-state index in [9.17, 15) is 0 Å². The Hall–Kier alpha value is -1.58. The normalized spacial score (nSPS) is 11.5. The maximum absolute atomic E-state index is 6.00. The van der Waals surface area contributed by atoms with E-state index >= 15 is 0 Å². The minimum absolute atomic E-state index is 0.438. The Bertz CT molecular complexity index is 607. The van der Waals surface area contributed by atoms with Crippen LogP contribution in [0.15, 0.2) is 41.6 Å². The molecule has 0 saturated heterocycles. The number of hydrogen-bond acceptors (Lipinski definition) is 3. The van der Waals surface area contributed by atoms with Crippen LogP contribution in [0.5, 0.6) is 0 Å². The van der Waals surface area contributed by atoms with E-state index in [1.54, 1.807) is 6.07 Å². The number of anilines is 1. The van der Waals surface area contributed by atoms with Gasteiger partial charge in [0.1, 0.15) is 0 Å². The molecule has 0 aliphatic heterocycles. The summed E-state index contributed by atoms with van der Waals surface area (Å²) in [6, 6.07) is 9.75. The summed E-state index contributed by atoms with van der Waals surface area (Å²) in [5.41, 5.74) is 5.95. The fraction of sp³-hybridized carbons (Fsp3) is 0.143. The minimum Gasteiger partial charge on any atom is -0.260 e. The maximum atomic E-state index is 6.00. The molecule has 1 aromatic heterocycles. The van der Waals surface area contributed by atoms with Crippen LogP contribution in [0.25, 0.3) is 0 Å². The molecule has 0 amide bonds. The molecule has 0 aliphatic carbocycles. The smallest absolute Gasteiger partial charge is 0.165 e. The van der Waals surface area contributed by atoms with Crippen LogP contribution in [0.2, 0.25) is 10.0 Å². The highest BCUT2D eigenvalue weighted by atomic mass is 35.5. The minimum atomic E-state index is 0.438. The highest BCUT2D eigenvalue weighted by Gasteiger charge is 2.02. The number of hydrogen-bond donors (Lipinski definition) is 1. The van der Waals surface area contributed by atoms with Crippen molar-refractivity contribution in [3.63, 3.8) is 0 Å². The third-order valence-electron chi connectivity index (χ3n) is 2.61. The van der Waals surface area contributed by atoms with Gasteiger partial charge in [0.15, 0.2) is 5.82 Å². The first-order valence-electron chi connectivity index (χ1n) is 5.74. The predicted octanol–water partition coefficient (Wildman–Crippen LogP) is 4.53. The van der Waals surface area contributed by atoms with Crippen molar-refractivity contribution < 1.29 is 0 Å². The molecule has 5 heteroatoms. The Balaban J connectivity index is 2.15. The predicted molar refractivity (Wildman–Crippen MR) is 81.3 cm³/mol. The van der Waals surface area contributed by atoms with Crippen molar-refractivity contribution in [2.75, 3.05) is 5.43 Å². The molecule has 3 nitrogen and oxygen atoms in total. The second kappa shape index (κ2) is 6.04.